The van der Waals surface area contributed by atoms with Crippen molar-refractivity contribution >= 4 is 16.0 Å². The second kappa shape index (κ2) is 5.66. The average Bonchev–Trinajstić information content (AvgIpc) is 2.32. The zero-order valence-electron chi connectivity index (χ0n) is 10.9. The lowest BCUT2D eigenvalue weighted by Gasteiger charge is -2.19. The molecule has 1 rings (SSSR count). The summed E-state index contributed by atoms with van der Waals surface area (Å²) in [6.45, 7) is 2.74. The summed E-state index contributed by atoms with van der Waals surface area (Å²) in [4.78, 5) is 10.7. The summed E-state index contributed by atoms with van der Waals surface area (Å²) in [6, 6.07) is 3.48. The summed E-state index contributed by atoms with van der Waals surface area (Å²) < 4.78 is 38.4. The van der Waals surface area contributed by atoms with E-state index in [1.165, 1.54) is 33.0 Å². The molecule has 0 fully saturated rings. The number of carbonyl (C=O) groups is 1. The molecular formula is C12H16FNO4S. The van der Waals surface area contributed by atoms with E-state index in [9.17, 15) is 17.6 Å². The summed E-state index contributed by atoms with van der Waals surface area (Å²) >= 11 is 0. The number of aryl methyl sites for hydroxylation is 1. The van der Waals surface area contributed by atoms with Gasteiger partial charge in [-0.05, 0) is 30.7 Å². The molecule has 0 aliphatic heterocycles. The smallest absolute Gasteiger partial charge is 0.307 e. The molecule has 0 aromatic heterocycles. The molecule has 5 nitrogen and oxygen atoms in total. The van der Waals surface area contributed by atoms with Crippen LogP contribution in [0.15, 0.2) is 23.1 Å². The van der Waals surface area contributed by atoms with Crippen LogP contribution in [0.3, 0.4) is 0 Å². The molecule has 1 N–H and O–H groups in total. The lowest BCUT2D eigenvalue weighted by atomic mass is 10.2. The molecule has 0 saturated heterocycles. The molecule has 1 aromatic carbocycles. The Hall–Kier alpha value is -1.47. The Balaban J connectivity index is 3.03. The Morgan fingerprint density at radius 1 is 1.47 bits per heavy atom. The van der Waals surface area contributed by atoms with Crippen molar-refractivity contribution in [2.75, 3.05) is 13.6 Å². The van der Waals surface area contributed by atoms with Crippen LogP contribution in [-0.2, 0) is 14.8 Å². The Kier molecular flexibility index (Phi) is 4.65. The predicted molar refractivity (Wildman–Crippen MR) is 67.8 cm³/mol. The van der Waals surface area contributed by atoms with Crippen molar-refractivity contribution in [3.8, 4) is 0 Å². The third-order valence-corrected chi connectivity index (χ3v) is 4.61. The van der Waals surface area contributed by atoms with Crippen LogP contribution in [0.1, 0.15) is 12.5 Å². The number of nitrogens with zero attached hydrogens (tertiary/aromatic N) is 1. The minimum atomic E-state index is -3.80. The highest BCUT2D eigenvalue weighted by Gasteiger charge is 2.25. The van der Waals surface area contributed by atoms with E-state index in [1.54, 1.807) is 0 Å². The van der Waals surface area contributed by atoms with Crippen molar-refractivity contribution in [1.29, 1.82) is 0 Å². The van der Waals surface area contributed by atoms with Gasteiger partial charge in [0.1, 0.15) is 5.82 Å². The van der Waals surface area contributed by atoms with Crippen LogP contribution >= 0.6 is 0 Å². The Bertz CT molecular complexity index is 585. The van der Waals surface area contributed by atoms with E-state index in [2.05, 4.69) is 0 Å². The van der Waals surface area contributed by atoms with Crippen LogP contribution in [0.4, 0.5) is 4.39 Å². The number of benzene rings is 1. The Morgan fingerprint density at radius 3 is 2.53 bits per heavy atom. The zero-order chi connectivity index (χ0) is 14.8. The third kappa shape index (κ3) is 3.51. The molecule has 0 aliphatic carbocycles. The van der Waals surface area contributed by atoms with Gasteiger partial charge in [0.15, 0.2) is 0 Å². The number of hydrogen-bond donors (Lipinski definition) is 1. The molecule has 7 heteroatoms. The van der Waals surface area contributed by atoms with Gasteiger partial charge in [-0.25, -0.2) is 17.1 Å². The fourth-order valence-electron chi connectivity index (χ4n) is 1.52. The third-order valence-electron chi connectivity index (χ3n) is 2.79. The van der Waals surface area contributed by atoms with E-state index < -0.39 is 27.7 Å². The van der Waals surface area contributed by atoms with Crippen molar-refractivity contribution in [3.05, 3.63) is 29.6 Å². The molecule has 19 heavy (non-hydrogen) atoms. The van der Waals surface area contributed by atoms with Gasteiger partial charge in [0.05, 0.1) is 10.8 Å². The SMILES string of the molecule is Cc1cc(S(=O)(=O)N(C)CC(C)C(=O)O)ccc1F. The van der Waals surface area contributed by atoms with E-state index in [4.69, 9.17) is 5.11 Å². The second-order valence-corrected chi connectivity index (χ2v) is 6.48. The average molecular weight is 289 g/mol. The first-order valence-corrected chi connectivity index (χ1v) is 7.05. The van der Waals surface area contributed by atoms with Gasteiger partial charge in [0, 0.05) is 13.6 Å². The molecule has 1 atom stereocenters. The first kappa shape index (κ1) is 15.6. The first-order chi connectivity index (χ1) is 8.66. The largest absolute Gasteiger partial charge is 0.481 e. The van der Waals surface area contributed by atoms with E-state index in [0.29, 0.717) is 0 Å². The van der Waals surface area contributed by atoms with Gasteiger partial charge < -0.3 is 5.11 Å². The fourth-order valence-corrected chi connectivity index (χ4v) is 2.86. The van der Waals surface area contributed by atoms with Crippen LogP contribution in [0.25, 0.3) is 0 Å². The maximum atomic E-state index is 13.1. The number of sulfonamides is 1. The molecule has 0 radical (unpaired) electrons. The van der Waals surface area contributed by atoms with Gasteiger partial charge in [-0.3, -0.25) is 4.79 Å². The van der Waals surface area contributed by atoms with Crippen LogP contribution in [0.2, 0.25) is 0 Å². The lowest BCUT2D eigenvalue weighted by Crippen LogP contribution is -2.33. The highest BCUT2D eigenvalue weighted by Crippen LogP contribution is 2.18. The van der Waals surface area contributed by atoms with E-state index in [0.717, 1.165) is 10.4 Å². The highest BCUT2D eigenvalue weighted by atomic mass is 32.2. The second-order valence-electron chi connectivity index (χ2n) is 4.44. The summed E-state index contributed by atoms with van der Waals surface area (Å²) in [5.41, 5.74) is 0.223. The van der Waals surface area contributed by atoms with Gasteiger partial charge in [0.25, 0.3) is 0 Å². The van der Waals surface area contributed by atoms with Crippen molar-refractivity contribution in [3.63, 3.8) is 0 Å². The predicted octanol–water partition coefficient (Wildman–Crippen LogP) is 1.48. The highest BCUT2D eigenvalue weighted by molar-refractivity contribution is 7.89. The van der Waals surface area contributed by atoms with Crippen LogP contribution in [-0.4, -0.2) is 37.4 Å². The zero-order valence-corrected chi connectivity index (χ0v) is 11.7. The monoisotopic (exact) mass is 289 g/mol. The summed E-state index contributed by atoms with van der Waals surface area (Å²) in [6.07, 6.45) is 0. The molecule has 0 aliphatic rings. The molecule has 0 bridgehead atoms. The molecule has 1 unspecified atom stereocenters. The normalized spacial score (nSPS) is 13.5. The quantitative estimate of drug-likeness (QED) is 0.891. The Labute approximate surface area is 111 Å². The van der Waals surface area contributed by atoms with Gasteiger partial charge in [0.2, 0.25) is 10.0 Å². The first-order valence-electron chi connectivity index (χ1n) is 5.61. The van der Waals surface area contributed by atoms with Crippen LogP contribution in [0, 0.1) is 18.7 Å². The van der Waals surface area contributed by atoms with Crippen LogP contribution < -0.4 is 0 Å². The molecule has 0 heterocycles. The van der Waals surface area contributed by atoms with Crippen LogP contribution in [0.5, 0.6) is 0 Å². The molecule has 0 saturated carbocycles. The summed E-state index contributed by atoms with van der Waals surface area (Å²) in [5.74, 6) is -2.38. The maximum absolute atomic E-state index is 13.1. The lowest BCUT2D eigenvalue weighted by molar-refractivity contribution is -0.141. The molecule has 0 amide bonds. The van der Waals surface area contributed by atoms with Crippen molar-refractivity contribution in [1.82, 2.24) is 4.31 Å². The van der Waals surface area contributed by atoms with E-state index in [1.807, 2.05) is 0 Å². The Morgan fingerprint density at radius 2 is 2.05 bits per heavy atom. The number of halogens is 1. The van der Waals surface area contributed by atoms with Gasteiger partial charge in [-0.15, -0.1) is 0 Å². The molecule has 1 aromatic rings. The van der Waals surface area contributed by atoms with E-state index >= 15 is 0 Å². The van der Waals surface area contributed by atoms with E-state index in [-0.39, 0.29) is 17.0 Å². The number of carboxylic acids is 1. The van der Waals surface area contributed by atoms with Crippen molar-refractivity contribution < 1.29 is 22.7 Å². The van der Waals surface area contributed by atoms with Crippen molar-refractivity contribution in [2.24, 2.45) is 5.92 Å². The van der Waals surface area contributed by atoms with Crippen molar-refractivity contribution in [2.45, 2.75) is 18.7 Å². The fraction of sp³-hybridized carbons (Fsp3) is 0.417. The van der Waals surface area contributed by atoms with Gasteiger partial charge in [-0.2, -0.15) is 0 Å². The number of carboxylic acid groups (broad SMARTS) is 1. The molecular weight excluding hydrogens is 273 g/mol. The summed E-state index contributed by atoms with van der Waals surface area (Å²) in [7, 11) is -2.50. The number of hydrogen-bond acceptors (Lipinski definition) is 3. The molecule has 106 valence electrons. The molecule has 0 spiro atoms. The number of aliphatic carboxylic acids is 1. The standard InChI is InChI=1S/C12H16FNO4S/c1-8-6-10(4-5-11(8)13)19(17,18)14(3)7-9(2)12(15)16/h4-6,9H,7H2,1-3H3,(H,15,16). The summed E-state index contributed by atoms with van der Waals surface area (Å²) in [5, 5.41) is 8.78. The number of rotatable bonds is 5. The minimum absolute atomic E-state index is 0.0495. The van der Waals surface area contributed by atoms with Gasteiger partial charge in [-0.1, -0.05) is 6.92 Å². The maximum Gasteiger partial charge on any atom is 0.307 e. The van der Waals surface area contributed by atoms with Gasteiger partial charge >= 0.3 is 5.97 Å². The topological polar surface area (TPSA) is 74.7 Å². The minimum Gasteiger partial charge on any atom is -0.481 e.